The van der Waals surface area contributed by atoms with Crippen molar-refractivity contribution in [3.63, 3.8) is 0 Å². The van der Waals surface area contributed by atoms with Crippen LogP contribution in [0.4, 0.5) is 0 Å². The van der Waals surface area contributed by atoms with Crippen LogP contribution in [0.2, 0.25) is 0 Å². The molecule has 0 amide bonds. The van der Waals surface area contributed by atoms with Gasteiger partial charge in [0.1, 0.15) is 0 Å². The average Bonchev–Trinajstić information content (AvgIpc) is 2.12. The van der Waals surface area contributed by atoms with Crippen molar-refractivity contribution in [2.24, 2.45) is 0 Å². The second-order valence-electron chi connectivity index (χ2n) is 2.75. The van der Waals surface area contributed by atoms with Crippen molar-refractivity contribution in [3.05, 3.63) is 45.0 Å². The number of fused-ring (bicyclic) bond motifs is 1. The summed E-state index contributed by atoms with van der Waals surface area (Å²) >= 11 is 2.12. The van der Waals surface area contributed by atoms with Crippen molar-refractivity contribution in [3.8, 4) is 0 Å². The highest BCUT2D eigenvalue weighted by atomic mass is 127. The van der Waals surface area contributed by atoms with Crippen molar-refractivity contribution in [1.29, 1.82) is 0 Å². The summed E-state index contributed by atoms with van der Waals surface area (Å²) < 4.78 is 0.966. The minimum absolute atomic E-state index is 0.0897. The fourth-order valence-electron chi connectivity index (χ4n) is 1.27. The number of ketones is 2. The number of halogens is 1. The van der Waals surface area contributed by atoms with Gasteiger partial charge in [-0.25, -0.2) is 0 Å². The molecule has 0 aromatic heterocycles. The quantitative estimate of drug-likeness (QED) is 0.685. The van der Waals surface area contributed by atoms with Crippen LogP contribution in [0.5, 0.6) is 0 Å². The molecule has 0 radical (unpaired) electrons. The summed E-state index contributed by atoms with van der Waals surface area (Å²) in [4.78, 5) is 22.6. The normalized spacial score (nSPS) is 14.5. The highest BCUT2D eigenvalue weighted by Gasteiger charge is 2.18. The van der Waals surface area contributed by atoms with Crippen LogP contribution in [-0.4, -0.2) is 11.6 Å². The van der Waals surface area contributed by atoms with Gasteiger partial charge in [0.15, 0.2) is 11.6 Å². The van der Waals surface area contributed by atoms with Gasteiger partial charge in [-0.15, -0.1) is 0 Å². The first kappa shape index (κ1) is 8.62. The number of carbonyl (C=O) groups excluding carboxylic acids is 2. The van der Waals surface area contributed by atoms with Gasteiger partial charge in [-0.2, -0.15) is 0 Å². The van der Waals surface area contributed by atoms with E-state index in [-0.39, 0.29) is 11.6 Å². The average molecular weight is 284 g/mol. The molecule has 0 spiro atoms. The molecule has 0 fully saturated rings. The van der Waals surface area contributed by atoms with Crippen molar-refractivity contribution in [1.82, 2.24) is 0 Å². The van der Waals surface area contributed by atoms with Crippen LogP contribution >= 0.6 is 22.6 Å². The fourth-order valence-corrected chi connectivity index (χ4v) is 1.76. The van der Waals surface area contributed by atoms with Gasteiger partial charge in [-0.3, -0.25) is 9.59 Å². The maximum absolute atomic E-state index is 11.3. The predicted molar refractivity (Wildman–Crippen MR) is 57.0 cm³/mol. The molecule has 0 N–H and O–H groups in total. The second-order valence-corrected chi connectivity index (χ2v) is 4.00. The molecule has 2 rings (SSSR count). The first-order chi connectivity index (χ1) is 6.18. The molecule has 0 saturated carbocycles. The van der Waals surface area contributed by atoms with E-state index in [9.17, 15) is 9.59 Å². The number of benzene rings is 1. The van der Waals surface area contributed by atoms with Gasteiger partial charge >= 0.3 is 0 Å². The van der Waals surface area contributed by atoms with Crippen molar-refractivity contribution in [2.45, 2.75) is 0 Å². The van der Waals surface area contributed by atoms with E-state index in [1.54, 1.807) is 12.1 Å². The van der Waals surface area contributed by atoms with Gasteiger partial charge in [-0.1, -0.05) is 0 Å². The SMILES string of the molecule is O=C1C=CC(=O)c2cc(I)ccc21. The van der Waals surface area contributed by atoms with E-state index in [2.05, 4.69) is 22.6 Å². The lowest BCUT2D eigenvalue weighted by molar-refractivity contribution is 0.0994. The molecule has 1 aliphatic carbocycles. The maximum Gasteiger partial charge on any atom is 0.186 e. The summed E-state index contributed by atoms with van der Waals surface area (Å²) in [5.74, 6) is -0.181. The van der Waals surface area contributed by atoms with Crippen LogP contribution in [0.25, 0.3) is 0 Å². The van der Waals surface area contributed by atoms with Crippen LogP contribution in [0, 0.1) is 3.57 Å². The molecule has 0 saturated heterocycles. The van der Waals surface area contributed by atoms with E-state index < -0.39 is 0 Å². The number of hydrogen-bond acceptors (Lipinski definition) is 2. The standard InChI is InChI=1S/C10H5IO2/c11-6-1-2-7-8(5-6)10(13)4-3-9(7)12/h1-5H. The maximum atomic E-state index is 11.3. The first-order valence-electron chi connectivity index (χ1n) is 3.75. The Morgan fingerprint density at radius 1 is 0.923 bits per heavy atom. The van der Waals surface area contributed by atoms with E-state index in [0.717, 1.165) is 3.57 Å². The summed E-state index contributed by atoms with van der Waals surface area (Å²) in [6.45, 7) is 0. The molecule has 1 aromatic carbocycles. The number of rotatable bonds is 0. The molecule has 2 nitrogen and oxygen atoms in total. The topological polar surface area (TPSA) is 34.1 Å². The highest BCUT2D eigenvalue weighted by molar-refractivity contribution is 14.1. The Balaban J connectivity index is 2.69. The summed E-state index contributed by atoms with van der Waals surface area (Å²) in [6.07, 6.45) is 2.64. The third kappa shape index (κ3) is 1.44. The summed E-state index contributed by atoms with van der Waals surface area (Å²) in [7, 11) is 0. The number of hydrogen-bond donors (Lipinski definition) is 0. The van der Waals surface area contributed by atoms with Crippen LogP contribution in [0.15, 0.2) is 30.4 Å². The van der Waals surface area contributed by atoms with E-state index in [1.807, 2.05) is 6.07 Å². The van der Waals surface area contributed by atoms with Crippen molar-refractivity contribution >= 4 is 34.2 Å². The van der Waals surface area contributed by atoms with Gasteiger partial charge < -0.3 is 0 Å². The summed E-state index contributed by atoms with van der Waals surface area (Å²) in [5.41, 5.74) is 1.02. The lowest BCUT2D eigenvalue weighted by atomic mass is 9.95. The monoisotopic (exact) mass is 284 g/mol. The Hall–Kier alpha value is -0.970. The molecular weight excluding hydrogens is 279 g/mol. The van der Waals surface area contributed by atoms with Gasteiger partial charge in [0.25, 0.3) is 0 Å². The van der Waals surface area contributed by atoms with E-state index in [4.69, 9.17) is 0 Å². The third-order valence-corrected chi connectivity index (χ3v) is 2.57. The molecule has 1 aromatic rings. The molecule has 0 unspecified atom stereocenters. The number of allylic oxidation sites excluding steroid dienone is 2. The van der Waals surface area contributed by atoms with E-state index >= 15 is 0 Å². The van der Waals surface area contributed by atoms with Gasteiger partial charge in [0.2, 0.25) is 0 Å². The second kappa shape index (κ2) is 3.06. The van der Waals surface area contributed by atoms with Gasteiger partial charge in [0.05, 0.1) is 0 Å². The van der Waals surface area contributed by atoms with Crippen LogP contribution in [0.1, 0.15) is 20.7 Å². The zero-order valence-electron chi connectivity index (χ0n) is 6.58. The molecule has 0 bridgehead atoms. The Labute approximate surface area is 88.8 Å². The Bertz CT molecular complexity index is 433. The van der Waals surface area contributed by atoms with E-state index in [0.29, 0.717) is 11.1 Å². The summed E-state index contributed by atoms with van der Waals surface area (Å²) in [6, 6.07) is 5.25. The van der Waals surface area contributed by atoms with Gasteiger partial charge in [0, 0.05) is 14.7 Å². The Morgan fingerprint density at radius 3 is 2.23 bits per heavy atom. The molecule has 0 aliphatic heterocycles. The van der Waals surface area contributed by atoms with Crippen molar-refractivity contribution < 1.29 is 9.59 Å². The number of carbonyl (C=O) groups is 2. The van der Waals surface area contributed by atoms with Crippen molar-refractivity contribution in [2.75, 3.05) is 0 Å². The Morgan fingerprint density at radius 2 is 1.54 bits per heavy atom. The first-order valence-corrected chi connectivity index (χ1v) is 4.82. The predicted octanol–water partition coefficient (Wildman–Crippen LogP) is 2.23. The molecule has 3 heteroatoms. The molecule has 0 atom stereocenters. The van der Waals surface area contributed by atoms with Crippen LogP contribution in [-0.2, 0) is 0 Å². The highest BCUT2D eigenvalue weighted by Crippen LogP contribution is 2.19. The zero-order chi connectivity index (χ0) is 9.42. The Kier molecular flexibility index (Phi) is 2.03. The molecule has 64 valence electrons. The van der Waals surface area contributed by atoms with E-state index in [1.165, 1.54) is 12.2 Å². The largest absolute Gasteiger partial charge is 0.289 e. The fraction of sp³-hybridized carbons (Fsp3) is 0. The molecular formula is C10H5IO2. The minimum atomic E-state index is -0.0917. The minimum Gasteiger partial charge on any atom is -0.289 e. The summed E-state index contributed by atoms with van der Waals surface area (Å²) in [5, 5.41) is 0. The smallest absolute Gasteiger partial charge is 0.186 e. The van der Waals surface area contributed by atoms with Crippen LogP contribution < -0.4 is 0 Å². The molecule has 13 heavy (non-hydrogen) atoms. The molecule has 1 aliphatic rings. The lowest BCUT2D eigenvalue weighted by Crippen LogP contribution is -2.11. The van der Waals surface area contributed by atoms with Gasteiger partial charge in [-0.05, 0) is 52.9 Å². The molecule has 0 heterocycles. The zero-order valence-corrected chi connectivity index (χ0v) is 8.74. The third-order valence-electron chi connectivity index (χ3n) is 1.90. The van der Waals surface area contributed by atoms with Crippen LogP contribution in [0.3, 0.4) is 0 Å². The lowest BCUT2D eigenvalue weighted by Gasteiger charge is -2.08.